The summed E-state index contributed by atoms with van der Waals surface area (Å²) in [5.74, 6) is -2.48. The highest BCUT2D eigenvalue weighted by atomic mass is 16.4. The average molecular weight is 535 g/mol. The molecule has 1 unspecified atom stereocenters. The van der Waals surface area contributed by atoms with Gasteiger partial charge in [0.1, 0.15) is 11.5 Å². The van der Waals surface area contributed by atoms with Crippen molar-refractivity contribution in [3.63, 3.8) is 0 Å². The van der Waals surface area contributed by atoms with E-state index < -0.39 is 37.7 Å². The Morgan fingerprint density at radius 1 is 0.789 bits per heavy atom. The van der Waals surface area contributed by atoms with Gasteiger partial charge in [-0.2, -0.15) is 0 Å². The number of carboxylic acid groups (broad SMARTS) is 2. The second-order valence-corrected chi connectivity index (χ2v) is 9.18. The molecule has 2 rings (SSSR count). The zero-order valence-corrected chi connectivity index (χ0v) is 21.8. The number of nitrogens with zero attached hydrogens (tertiary/aromatic N) is 2. The van der Waals surface area contributed by atoms with E-state index in [1.54, 1.807) is 12.1 Å². The largest absolute Gasteiger partial charge is 0.508 e. The molecule has 0 bridgehead atoms. The van der Waals surface area contributed by atoms with Crippen molar-refractivity contribution in [2.24, 2.45) is 0 Å². The van der Waals surface area contributed by atoms with Gasteiger partial charge in [0.25, 0.3) is 0 Å². The van der Waals surface area contributed by atoms with Crippen LogP contribution in [0, 0.1) is 0 Å². The van der Waals surface area contributed by atoms with Gasteiger partial charge in [-0.1, -0.05) is 26.0 Å². The third-order valence-electron chi connectivity index (χ3n) is 6.61. The predicted octanol–water partition coefficient (Wildman–Crippen LogP) is 1.04. The van der Waals surface area contributed by atoms with Crippen molar-refractivity contribution < 1.29 is 45.3 Å². The summed E-state index contributed by atoms with van der Waals surface area (Å²) in [7, 11) is 0. The molecule has 11 heteroatoms. The molecule has 0 aliphatic carbocycles. The topological polar surface area (TPSA) is 182 Å². The molecule has 2 aromatic rings. The van der Waals surface area contributed by atoms with Crippen molar-refractivity contribution in [1.82, 2.24) is 9.80 Å². The highest BCUT2D eigenvalue weighted by Crippen LogP contribution is 2.29. The molecule has 38 heavy (non-hydrogen) atoms. The lowest BCUT2D eigenvalue weighted by Gasteiger charge is -2.34. The first-order chi connectivity index (χ1) is 18.1. The van der Waals surface area contributed by atoms with Crippen LogP contribution >= 0.6 is 0 Å². The lowest BCUT2D eigenvalue weighted by Crippen LogP contribution is -2.48. The molecule has 0 radical (unpaired) electrons. The van der Waals surface area contributed by atoms with E-state index in [-0.39, 0.29) is 44.3 Å². The molecule has 0 aromatic heterocycles. The minimum atomic E-state index is -1.17. The van der Waals surface area contributed by atoms with E-state index in [9.17, 15) is 45.3 Å². The van der Waals surface area contributed by atoms with Gasteiger partial charge in [-0.05, 0) is 47.2 Å². The molecule has 0 aliphatic heterocycles. The van der Waals surface area contributed by atoms with Crippen LogP contribution in [0.2, 0.25) is 0 Å². The van der Waals surface area contributed by atoms with Crippen molar-refractivity contribution >= 4 is 11.9 Å². The van der Waals surface area contributed by atoms with Crippen LogP contribution in [0.4, 0.5) is 0 Å². The van der Waals surface area contributed by atoms with Crippen LogP contribution < -0.4 is 0 Å². The number of benzene rings is 2. The van der Waals surface area contributed by atoms with Gasteiger partial charge in [0, 0.05) is 36.8 Å². The van der Waals surface area contributed by atoms with Crippen molar-refractivity contribution in [2.75, 3.05) is 26.2 Å². The molecular formula is C27H38N2O9. The van der Waals surface area contributed by atoms with E-state index in [2.05, 4.69) is 0 Å². The van der Waals surface area contributed by atoms with Gasteiger partial charge in [-0.25, -0.2) is 0 Å². The van der Waals surface area contributed by atoms with Gasteiger partial charge < -0.3 is 35.7 Å². The van der Waals surface area contributed by atoms with E-state index in [1.807, 2.05) is 13.8 Å². The van der Waals surface area contributed by atoms with E-state index in [4.69, 9.17) is 0 Å². The average Bonchev–Trinajstić information content (AvgIpc) is 2.87. The van der Waals surface area contributed by atoms with E-state index in [1.165, 1.54) is 21.9 Å². The number of aliphatic hydroxyl groups excluding tert-OH is 3. The highest BCUT2D eigenvalue weighted by molar-refractivity contribution is 5.69. The number of aliphatic hydroxyl groups is 3. The van der Waals surface area contributed by atoms with E-state index in [0.717, 1.165) is 5.56 Å². The molecule has 7 N–H and O–H groups in total. The molecule has 0 heterocycles. The summed E-state index contributed by atoms with van der Waals surface area (Å²) in [6, 6.07) is 5.33. The molecule has 0 amide bonds. The molecule has 0 saturated carbocycles. The fourth-order valence-corrected chi connectivity index (χ4v) is 4.74. The maximum atomic E-state index is 11.7. The van der Waals surface area contributed by atoms with Crippen LogP contribution in [0.1, 0.15) is 47.2 Å². The van der Waals surface area contributed by atoms with Crippen LogP contribution in [0.25, 0.3) is 0 Å². The highest BCUT2D eigenvalue weighted by Gasteiger charge is 2.27. The van der Waals surface area contributed by atoms with Crippen LogP contribution in [0.5, 0.6) is 11.5 Å². The number of aryl methyl sites for hydroxylation is 1. The van der Waals surface area contributed by atoms with Crippen LogP contribution in [0.3, 0.4) is 0 Å². The zero-order valence-electron chi connectivity index (χ0n) is 21.8. The number of carbonyl (C=O) groups is 2. The summed E-state index contributed by atoms with van der Waals surface area (Å²) < 4.78 is 0. The SMILES string of the molecule is CCc1cc(CO)cc(O)c1CN(CC(=O)O)CC(CO)N(CC(=O)O)Cc1c(O)ccc(CO)c1CC. The third-order valence-corrected chi connectivity index (χ3v) is 6.61. The fourth-order valence-electron chi connectivity index (χ4n) is 4.74. The third kappa shape index (κ3) is 8.14. The number of aliphatic carboxylic acids is 2. The molecule has 210 valence electrons. The standard InChI is InChI=1S/C27H38N2O9/c1-3-18-7-17(14-30)8-25(34)22(18)10-28(12-26(35)36)9-20(16-32)29(13-27(37)38)11-23-21(4-2)19(15-31)5-6-24(23)33/h5-8,20,30-34H,3-4,9-16H2,1-2H3,(H,35,36)(H,37,38). The summed E-state index contributed by atoms with van der Waals surface area (Å²) in [5, 5.41) is 69.7. The van der Waals surface area contributed by atoms with Gasteiger partial charge in [0.2, 0.25) is 0 Å². The van der Waals surface area contributed by atoms with Crippen LogP contribution in [0.15, 0.2) is 24.3 Å². The predicted molar refractivity (Wildman–Crippen MR) is 139 cm³/mol. The van der Waals surface area contributed by atoms with Crippen LogP contribution in [-0.4, -0.2) is 89.8 Å². The Morgan fingerprint density at radius 2 is 1.47 bits per heavy atom. The number of hydrogen-bond donors (Lipinski definition) is 7. The van der Waals surface area contributed by atoms with Crippen molar-refractivity contribution in [2.45, 2.75) is 59.0 Å². The van der Waals surface area contributed by atoms with Gasteiger partial charge in [0.15, 0.2) is 0 Å². The lowest BCUT2D eigenvalue weighted by molar-refractivity contribution is -0.141. The van der Waals surface area contributed by atoms with Gasteiger partial charge in [-0.15, -0.1) is 0 Å². The minimum Gasteiger partial charge on any atom is -0.508 e. The van der Waals surface area contributed by atoms with Crippen molar-refractivity contribution in [3.05, 3.63) is 57.6 Å². The van der Waals surface area contributed by atoms with Gasteiger partial charge >= 0.3 is 11.9 Å². The summed E-state index contributed by atoms with van der Waals surface area (Å²) in [4.78, 5) is 26.4. The molecule has 0 spiro atoms. The molecule has 0 fully saturated rings. The summed E-state index contributed by atoms with van der Waals surface area (Å²) >= 11 is 0. The second-order valence-electron chi connectivity index (χ2n) is 9.18. The van der Waals surface area contributed by atoms with E-state index in [0.29, 0.717) is 40.7 Å². The number of phenols is 2. The number of aromatic hydroxyl groups is 2. The Labute approximate surface area is 221 Å². The Kier molecular flexibility index (Phi) is 11.9. The van der Waals surface area contributed by atoms with Gasteiger partial charge in [0.05, 0.1) is 32.9 Å². The number of carboxylic acids is 2. The molecule has 11 nitrogen and oxygen atoms in total. The fraction of sp³-hybridized carbons (Fsp3) is 0.481. The van der Waals surface area contributed by atoms with Crippen molar-refractivity contribution in [3.8, 4) is 11.5 Å². The summed E-state index contributed by atoms with van der Waals surface area (Å²) in [6.45, 7) is 1.66. The lowest BCUT2D eigenvalue weighted by atomic mass is 9.97. The maximum Gasteiger partial charge on any atom is 0.317 e. The monoisotopic (exact) mass is 534 g/mol. The number of rotatable bonds is 16. The van der Waals surface area contributed by atoms with Crippen LogP contribution in [-0.2, 0) is 48.7 Å². The smallest absolute Gasteiger partial charge is 0.317 e. The molecule has 0 saturated heterocycles. The zero-order chi connectivity index (χ0) is 28.4. The minimum absolute atomic E-state index is 0.00981. The first-order valence-corrected chi connectivity index (χ1v) is 12.5. The van der Waals surface area contributed by atoms with Crippen molar-refractivity contribution in [1.29, 1.82) is 0 Å². The van der Waals surface area contributed by atoms with Gasteiger partial charge in [-0.3, -0.25) is 19.4 Å². The Balaban J connectivity index is 2.44. The normalized spacial score (nSPS) is 12.3. The van der Waals surface area contributed by atoms with E-state index >= 15 is 0 Å². The number of phenolic OH excluding ortho intramolecular Hbond substituents is 2. The molecular weight excluding hydrogens is 496 g/mol. The molecule has 0 aliphatic rings. The first-order valence-electron chi connectivity index (χ1n) is 12.5. The Morgan fingerprint density at radius 3 is 2.00 bits per heavy atom. The second kappa shape index (κ2) is 14.6. The summed E-state index contributed by atoms with van der Waals surface area (Å²) in [6.07, 6.45) is 0.991. The molecule has 2 aromatic carbocycles. The summed E-state index contributed by atoms with van der Waals surface area (Å²) in [5.41, 5.74) is 3.42. The first kappa shape index (κ1) is 31.0. The quantitative estimate of drug-likeness (QED) is 0.163. The maximum absolute atomic E-state index is 11.7. The number of hydrogen-bond acceptors (Lipinski definition) is 9. The Bertz CT molecular complexity index is 1110. The Hall–Kier alpha value is -3.22. The molecule has 1 atom stereocenters.